The number of amides is 2. The van der Waals surface area contributed by atoms with Gasteiger partial charge in [0.25, 0.3) is 0 Å². The van der Waals surface area contributed by atoms with Crippen molar-refractivity contribution in [3.8, 4) is 0 Å². The summed E-state index contributed by atoms with van der Waals surface area (Å²) in [6.45, 7) is 2.79. The molecule has 31 heavy (non-hydrogen) atoms. The lowest BCUT2D eigenvalue weighted by Gasteiger charge is -2.37. The highest BCUT2D eigenvalue weighted by molar-refractivity contribution is 7.80. The number of fused-ring (bicyclic) bond motifs is 1. The summed E-state index contributed by atoms with van der Waals surface area (Å²) in [4.78, 5) is 26.8. The number of rotatable bonds is 9. The number of hydrogen-bond acceptors (Lipinski definition) is 5. The molecule has 2 fully saturated rings. The molecule has 4 N–H and O–H groups in total. The summed E-state index contributed by atoms with van der Waals surface area (Å²) in [5.41, 5.74) is 0.850. The van der Waals surface area contributed by atoms with Crippen molar-refractivity contribution < 1.29 is 18.7 Å². The van der Waals surface area contributed by atoms with E-state index >= 15 is 0 Å². The van der Waals surface area contributed by atoms with Gasteiger partial charge < -0.3 is 26.0 Å². The predicted octanol–water partition coefficient (Wildman–Crippen LogP) is 0.274. The highest BCUT2D eigenvalue weighted by Crippen LogP contribution is 2.25. The van der Waals surface area contributed by atoms with Crippen molar-refractivity contribution in [3.05, 3.63) is 35.6 Å². The van der Waals surface area contributed by atoms with E-state index in [1.54, 1.807) is 19.2 Å². The van der Waals surface area contributed by atoms with Gasteiger partial charge in [-0.1, -0.05) is 12.1 Å². The third-order valence-electron chi connectivity index (χ3n) is 5.66. The lowest BCUT2D eigenvalue weighted by molar-refractivity contribution is -0.129. The summed E-state index contributed by atoms with van der Waals surface area (Å²) in [6, 6.07) is 6.03. The molecule has 2 heterocycles. The lowest BCUT2D eigenvalue weighted by atomic mass is 10.0. The first kappa shape index (κ1) is 23.4. The van der Waals surface area contributed by atoms with Crippen LogP contribution < -0.4 is 21.3 Å². The summed E-state index contributed by atoms with van der Waals surface area (Å²) < 4.78 is 18.0. The Labute approximate surface area is 187 Å². The molecule has 170 valence electrons. The second-order valence-corrected chi connectivity index (χ2v) is 8.29. The molecule has 0 spiro atoms. The minimum atomic E-state index is -0.297. The fourth-order valence-electron chi connectivity index (χ4n) is 4.04. The van der Waals surface area contributed by atoms with Crippen LogP contribution in [-0.2, 0) is 20.9 Å². The number of benzene rings is 1. The van der Waals surface area contributed by atoms with Gasteiger partial charge in [0, 0.05) is 51.8 Å². The number of nitrogens with zero attached hydrogens (tertiary/aromatic N) is 1. The van der Waals surface area contributed by atoms with Crippen LogP contribution in [0.25, 0.3) is 0 Å². The monoisotopic (exact) mass is 451 g/mol. The molecule has 3 atom stereocenters. The number of nitrogens with one attached hydrogen (secondary N) is 4. The van der Waals surface area contributed by atoms with Crippen LogP contribution in [0.2, 0.25) is 0 Å². The third-order valence-corrected chi connectivity index (χ3v) is 5.92. The Bertz CT molecular complexity index is 779. The molecule has 1 aromatic rings. The van der Waals surface area contributed by atoms with Gasteiger partial charge in [0.1, 0.15) is 5.82 Å². The summed E-state index contributed by atoms with van der Waals surface area (Å²) in [7, 11) is 1.63. The highest BCUT2D eigenvalue weighted by atomic mass is 32.1. The molecule has 2 aliphatic rings. The maximum absolute atomic E-state index is 13.0. The fraction of sp³-hybridized carbons (Fsp3) is 0.571. The number of carbonyl (C=O) groups excluding carboxylic acids is 2. The van der Waals surface area contributed by atoms with Crippen LogP contribution in [-0.4, -0.2) is 73.3 Å². The third kappa shape index (κ3) is 6.84. The van der Waals surface area contributed by atoms with Crippen LogP contribution in [0.15, 0.2) is 24.3 Å². The van der Waals surface area contributed by atoms with Crippen LogP contribution in [0.1, 0.15) is 24.8 Å². The van der Waals surface area contributed by atoms with Crippen molar-refractivity contribution in [2.45, 2.75) is 43.9 Å². The van der Waals surface area contributed by atoms with E-state index < -0.39 is 0 Å². The molecule has 2 amide bonds. The first-order valence-electron chi connectivity index (χ1n) is 10.5. The van der Waals surface area contributed by atoms with Gasteiger partial charge in [0.05, 0.1) is 12.6 Å². The number of carbonyl (C=O) groups is 2. The Morgan fingerprint density at radius 1 is 1.32 bits per heavy atom. The van der Waals surface area contributed by atoms with Gasteiger partial charge in [-0.2, -0.15) is 0 Å². The number of thiocarbonyl (C=S) groups is 1. The van der Waals surface area contributed by atoms with Crippen LogP contribution in [0.3, 0.4) is 0 Å². The molecular formula is C21H30FN5O3S. The van der Waals surface area contributed by atoms with Crippen molar-refractivity contribution >= 4 is 29.1 Å². The van der Waals surface area contributed by atoms with Crippen molar-refractivity contribution in [1.82, 2.24) is 26.2 Å². The Hall–Kier alpha value is -2.30. The van der Waals surface area contributed by atoms with Crippen molar-refractivity contribution in [2.75, 3.05) is 33.4 Å². The van der Waals surface area contributed by atoms with E-state index in [1.807, 2.05) is 0 Å². The van der Waals surface area contributed by atoms with E-state index in [2.05, 4.69) is 26.2 Å². The van der Waals surface area contributed by atoms with E-state index in [0.29, 0.717) is 57.2 Å². The van der Waals surface area contributed by atoms with Crippen LogP contribution in [0, 0.1) is 5.82 Å². The summed E-state index contributed by atoms with van der Waals surface area (Å²) in [6.07, 6.45) is 1.68. The predicted molar refractivity (Wildman–Crippen MR) is 119 cm³/mol. The van der Waals surface area contributed by atoms with Crippen LogP contribution in [0.4, 0.5) is 4.39 Å². The van der Waals surface area contributed by atoms with E-state index in [4.69, 9.17) is 17.0 Å². The quantitative estimate of drug-likeness (QED) is 0.316. The van der Waals surface area contributed by atoms with E-state index in [0.717, 1.165) is 5.56 Å². The Morgan fingerprint density at radius 3 is 2.84 bits per heavy atom. The van der Waals surface area contributed by atoms with Gasteiger partial charge in [0.15, 0.2) is 5.11 Å². The number of piperazine rings is 1. The number of halogens is 1. The number of methoxy groups -OCH3 is 1. The zero-order chi connectivity index (χ0) is 22.2. The second-order valence-electron chi connectivity index (χ2n) is 7.88. The van der Waals surface area contributed by atoms with Gasteiger partial charge in [-0.15, -0.1) is 0 Å². The molecule has 0 bridgehead atoms. The normalized spacial score (nSPS) is 23.0. The molecule has 0 aromatic heterocycles. The largest absolute Gasteiger partial charge is 0.383 e. The maximum atomic E-state index is 13.0. The van der Waals surface area contributed by atoms with E-state index in [9.17, 15) is 14.0 Å². The molecule has 3 rings (SSSR count). The van der Waals surface area contributed by atoms with Crippen LogP contribution in [0.5, 0.6) is 0 Å². The topological polar surface area (TPSA) is 94.7 Å². The zero-order valence-corrected chi connectivity index (χ0v) is 18.5. The first-order chi connectivity index (χ1) is 15.0. The van der Waals surface area contributed by atoms with Crippen molar-refractivity contribution in [3.63, 3.8) is 0 Å². The minimum absolute atomic E-state index is 0.0274. The molecule has 0 saturated carbocycles. The van der Waals surface area contributed by atoms with Crippen molar-refractivity contribution in [1.29, 1.82) is 0 Å². The SMILES string of the molecule is COCCNC(=S)NC1CC2C(=O)NCC(CCC(=O)NCc3ccc(F)cc3)N2C1. The molecular weight excluding hydrogens is 421 g/mol. The average Bonchev–Trinajstić information content (AvgIpc) is 3.17. The highest BCUT2D eigenvalue weighted by Gasteiger charge is 2.43. The number of hydrogen-bond donors (Lipinski definition) is 4. The summed E-state index contributed by atoms with van der Waals surface area (Å²) >= 11 is 5.32. The second kappa shape index (κ2) is 11.4. The van der Waals surface area contributed by atoms with Gasteiger partial charge in [-0.3, -0.25) is 14.5 Å². The van der Waals surface area contributed by atoms with Gasteiger partial charge >= 0.3 is 0 Å². The lowest BCUT2D eigenvalue weighted by Crippen LogP contribution is -2.58. The van der Waals surface area contributed by atoms with Gasteiger partial charge in [-0.25, -0.2) is 4.39 Å². The molecule has 10 heteroatoms. The molecule has 0 radical (unpaired) electrons. The first-order valence-corrected chi connectivity index (χ1v) is 10.9. The van der Waals surface area contributed by atoms with E-state index in [-0.39, 0.29) is 35.8 Å². The van der Waals surface area contributed by atoms with Gasteiger partial charge in [-0.05, 0) is 42.8 Å². The molecule has 0 aliphatic carbocycles. The Balaban J connectivity index is 1.44. The maximum Gasteiger partial charge on any atom is 0.237 e. The molecule has 2 saturated heterocycles. The van der Waals surface area contributed by atoms with Crippen molar-refractivity contribution in [2.24, 2.45) is 0 Å². The summed E-state index contributed by atoms with van der Waals surface area (Å²) in [5, 5.41) is 12.8. The minimum Gasteiger partial charge on any atom is -0.383 e. The molecule has 3 unspecified atom stereocenters. The van der Waals surface area contributed by atoms with Gasteiger partial charge in [0.2, 0.25) is 11.8 Å². The van der Waals surface area contributed by atoms with Crippen LogP contribution >= 0.6 is 12.2 Å². The standard InChI is InChI=1S/C21H30FN5O3S/c1-30-9-8-23-21(31)26-16-10-18-20(29)25-12-17(27(18)13-16)6-7-19(28)24-11-14-2-4-15(22)5-3-14/h2-5,16-18H,6-13H2,1H3,(H,24,28)(H,25,29)(H2,23,26,31). The Kier molecular flexibility index (Phi) is 8.56. The smallest absolute Gasteiger partial charge is 0.237 e. The van der Waals surface area contributed by atoms with E-state index in [1.165, 1.54) is 12.1 Å². The Morgan fingerprint density at radius 2 is 2.10 bits per heavy atom. The molecule has 1 aromatic carbocycles. The molecule has 8 nitrogen and oxygen atoms in total. The zero-order valence-electron chi connectivity index (χ0n) is 17.7. The fourth-order valence-corrected chi connectivity index (χ4v) is 4.31. The molecule has 2 aliphatic heterocycles. The number of ether oxygens (including phenoxy) is 1. The average molecular weight is 452 g/mol. The summed E-state index contributed by atoms with van der Waals surface area (Å²) in [5.74, 6) is -0.330.